The van der Waals surface area contributed by atoms with Crippen LogP contribution >= 0.6 is 0 Å². The predicted octanol–water partition coefficient (Wildman–Crippen LogP) is 2.03. The highest BCUT2D eigenvalue weighted by Gasteiger charge is 2.51. The van der Waals surface area contributed by atoms with Crippen LogP contribution in [0.15, 0.2) is 12.2 Å². The Morgan fingerprint density at radius 3 is 2.55 bits per heavy atom. The summed E-state index contributed by atoms with van der Waals surface area (Å²) >= 11 is 0. The molecular weight excluding hydrogens is 136 g/mol. The second kappa shape index (κ2) is 1.96. The Hall–Kier alpha value is -0.590. The van der Waals surface area contributed by atoms with Crippen LogP contribution in [-0.2, 0) is 4.79 Å². The summed E-state index contributed by atoms with van der Waals surface area (Å²) in [6, 6.07) is 0. The summed E-state index contributed by atoms with van der Waals surface area (Å²) in [5.41, 5.74) is 0.389. The first-order valence-electron chi connectivity index (χ1n) is 4.30. The second-order valence-electron chi connectivity index (χ2n) is 4.37. The molecule has 1 heteroatoms. The van der Waals surface area contributed by atoms with Gasteiger partial charge in [-0.15, -0.1) is 0 Å². The van der Waals surface area contributed by atoms with E-state index in [-0.39, 0.29) is 5.92 Å². The smallest absolute Gasteiger partial charge is 0.127 e. The van der Waals surface area contributed by atoms with E-state index in [0.29, 0.717) is 11.3 Å². The van der Waals surface area contributed by atoms with E-state index in [0.717, 1.165) is 12.2 Å². The van der Waals surface area contributed by atoms with Crippen LogP contribution in [-0.4, -0.2) is 6.29 Å². The van der Waals surface area contributed by atoms with Crippen molar-refractivity contribution in [2.24, 2.45) is 23.2 Å². The molecular formula is C10H14O. The van der Waals surface area contributed by atoms with E-state index in [1.807, 2.05) is 0 Å². The van der Waals surface area contributed by atoms with Crippen molar-refractivity contribution in [2.75, 3.05) is 0 Å². The Bertz CT molecular complexity index is 215. The van der Waals surface area contributed by atoms with Gasteiger partial charge in [0.1, 0.15) is 6.29 Å². The van der Waals surface area contributed by atoms with E-state index in [9.17, 15) is 4.79 Å². The van der Waals surface area contributed by atoms with Crippen molar-refractivity contribution in [3.63, 3.8) is 0 Å². The first kappa shape index (κ1) is 7.08. The van der Waals surface area contributed by atoms with Gasteiger partial charge in [-0.1, -0.05) is 26.0 Å². The van der Waals surface area contributed by atoms with Gasteiger partial charge in [-0.25, -0.2) is 0 Å². The van der Waals surface area contributed by atoms with Crippen molar-refractivity contribution in [3.05, 3.63) is 12.2 Å². The van der Waals surface area contributed by atoms with E-state index >= 15 is 0 Å². The third kappa shape index (κ3) is 0.741. The normalized spacial score (nSPS) is 44.7. The number of carbonyl (C=O) groups excluding carboxylic acids is 1. The minimum Gasteiger partial charge on any atom is -0.303 e. The van der Waals surface area contributed by atoms with Gasteiger partial charge in [0.2, 0.25) is 0 Å². The molecule has 2 bridgehead atoms. The molecule has 0 aliphatic heterocycles. The van der Waals surface area contributed by atoms with Gasteiger partial charge in [-0.05, 0) is 23.7 Å². The molecule has 0 amide bonds. The molecule has 1 nitrogen and oxygen atoms in total. The Morgan fingerprint density at radius 2 is 2.18 bits per heavy atom. The molecule has 0 N–H and O–H groups in total. The minimum absolute atomic E-state index is 0.204. The molecule has 11 heavy (non-hydrogen) atoms. The maximum atomic E-state index is 10.6. The number of allylic oxidation sites excluding steroid dienone is 2. The lowest BCUT2D eigenvalue weighted by Gasteiger charge is -2.55. The molecule has 0 aromatic heterocycles. The van der Waals surface area contributed by atoms with E-state index in [4.69, 9.17) is 0 Å². The molecule has 3 rings (SSSR count). The van der Waals surface area contributed by atoms with E-state index in [2.05, 4.69) is 26.0 Å². The van der Waals surface area contributed by atoms with Gasteiger partial charge in [0, 0.05) is 5.92 Å². The molecule has 0 saturated heterocycles. The third-order valence-electron chi connectivity index (χ3n) is 3.61. The summed E-state index contributed by atoms with van der Waals surface area (Å²) in [5, 5.41) is 0. The van der Waals surface area contributed by atoms with Crippen molar-refractivity contribution in [1.29, 1.82) is 0 Å². The Kier molecular flexibility index (Phi) is 1.26. The van der Waals surface area contributed by atoms with Crippen LogP contribution < -0.4 is 0 Å². The molecule has 0 heterocycles. The largest absolute Gasteiger partial charge is 0.303 e. The zero-order valence-corrected chi connectivity index (χ0v) is 7.08. The van der Waals surface area contributed by atoms with Gasteiger partial charge in [-0.2, -0.15) is 0 Å². The first-order valence-corrected chi connectivity index (χ1v) is 4.30. The molecule has 3 aliphatic rings. The van der Waals surface area contributed by atoms with Gasteiger partial charge in [0.05, 0.1) is 0 Å². The lowest BCUT2D eigenvalue weighted by molar-refractivity contribution is -0.118. The van der Waals surface area contributed by atoms with Crippen molar-refractivity contribution in [2.45, 2.75) is 20.3 Å². The highest BCUT2D eigenvalue weighted by molar-refractivity contribution is 5.59. The summed E-state index contributed by atoms with van der Waals surface area (Å²) in [6.07, 6.45) is 6.63. The average Bonchev–Trinajstić information content (AvgIpc) is 2.04. The highest BCUT2D eigenvalue weighted by atomic mass is 16.1. The van der Waals surface area contributed by atoms with Crippen molar-refractivity contribution >= 4 is 6.29 Å². The molecule has 0 radical (unpaired) electrons. The molecule has 1 saturated carbocycles. The number of aldehydes is 1. The predicted molar refractivity (Wildman–Crippen MR) is 44.1 cm³/mol. The number of hydrogen-bond acceptors (Lipinski definition) is 1. The summed E-state index contributed by atoms with van der Waals surface area (Å²) in [5.74, 6) is 1.56. The number of fused-ring (bicyclic) bond motifs is 1. The zero-order chi connectivity index (χ0) is 8.06. The average molecular weight is 150 g/mol. The van der Waals surface area contributed by atoms with Crippen LogP contribution in [0.3, 0.4) is 0 Å². The topological polar surface area (TPSA) is 17.1 Å². The second-order valence-corrected chi connectivity index (χ2v) is 4.37. The Balaban J connectivity index is 2.28. The van der Waals surface area contributed by atoms with E-state index < -0.39 is 0 Å². The Labute approximate surface area is 67.5 Å². The van der Waals surface area contributed by atoms with Crippen LogP contribution in [0.1, 0.15) is 20.3 Å². The van der Waals surface area contributed by atoms with E-state index in [1.54, 1.807) is 0 Å². The maximum Gasteiger partial charge on any atom is 0.127 e. The van der Waals surface area contributed by atoms with Gasteiger partial charge in [0.25, 0.3) is 0 Å². The lowest BCUT2D eigenvalue weighted by atomic mass is 9.48. The van der Waals surface area contributed by atoms with Crippen molar-refractivity contribution in [3.8, 4) is 0 Å². The number of hydrogen-bond donors (Lipinski definition) is 0. The fraction of sp³-hybridized carbons (Fsp3) is 0.700. The van der Waals surface area contributed by atoms with Gasteiger partial charge >= 0.3 is 0 Å². The molecule has 0 aromatic carbocycles. The molecule has 60 valence electrons. The SMILES string of the molecule is CC1(C)C2C=CC(C=O)C1C2. The van der Waals surface area contributed by atoms with E-state index in [1.165, 1.54) is 6.42 Å². The van der Waals surface area contributed by atoms with Crippen LogP contribution in [0.5, 0.6) is 0 Å². The standard InChI is InChI=1S/C10H14O/c1-10(2)8-4-3-7(6-11)9(10)5-8/h3-4,6-9H,5H2,1-2H3. The van der Waals surface area contributed by atoms with Crippen molar-refractivity contribution in [1.82, 2.24) is 0 Å². The van der Waals surface area contributed by atoms with Crippen LogP contribution in [0.4, 0.5) is 0 Å². The highest BCUT2D eigenvalue weighted by Crippen LogP contribution is 2.57. The summed E-state index contributed by atoms with van der Waals surface area (Å²) in [7, 11) is 0. The zero-order valence-electron chi connectivity index (χ0n) is 7.08. The van der Waals surface area contributed by atoms with Crippen LogP contribution in [0.2, 0.25) is 0 Å². The fourth-order valence-corrected chi connectivity index (χ4v) is 2.51. The lowest BCUT2D eigenvalue weighted by Crippen LogP contribution is -2.50. The van der Waals surface area contributed by atoms with Crippen LogP contribution in [0.25, 0.3) is 0 Å². The fourth-order valence-electron chi connectivity index (χ4n) is 2.51. The summed E-state index contributed by atoms with van der Waals surface area (Å²) in [4.78, 5) is 10.6. The first-order chi connectivity index (χ1) is 5.16. The van der Waals surface area contributed by atoms with Crippen molar-refractivity contribution < 1.29 is 4.79 Å². The third-order valence-corrected chi connectivity index (χ3v) is 3.61. The molecule has 3 unspecified atom stereocenters. The monoisotopic (exact) mass is 150 g/mol. The minimum atomic E-state index is 0.204. The number of rotatable bonds is 1. The Morgan fingerprint density at radius 1 is 1.45 bits per heavy atom. The molecule has 3 aliphatic carbocycles. The summed E-state index contributed by atoms with van der Waals surface area (Å²) in [6.45, 7) is 4.54. The van der Waals surface area contributed by atoms with Gasteiger partial charge in [0.15, 0.2) is 0 Å². The molecule has 0 aromatic rings. The molecule has 1 fully saturated rings. The summed E-state index contributed by atoms with van der Waals surface area (Å²) < 4.78 is 0. The molecule has 3 atom stereocenters. The molecule has 0 spiro atoms. The maximum absolute atomic E-state index is 10.6. The quantitative estimate of drug-likeness (QED) is 0.413. The number of carbonyl (C=O) groups is 1. The van der Waals surface area contributed by atoms with Gasteiger partial charge < -0.3 is 4.79 Å². The van der Waals surface area contributed by atoms with Crippen LogP contribution in [0, 0.1) is 23.2 Å². The van der Waals surface area contributed by atoms with Gasteiger partial charge in [-0.3, -0.25) is 0 Å².